The van der Waals surface area contributed by atoms with E-state index < -0.39 is 35.3 Å². The normalized spacial score (nSPS) is 21.6. The molecule has 9 heteroatoms. The zero-order valence-corrected chi connectivity index (χ0v) is 22.0. The number of likely N-dealkylation sites (tertiary alicyclic amines) is 1. The SMILES string of the molecule is COc1cc(C(=O)N2[C@@H](c3nccs3)[C@H](C(=O)O)CC2(Cc2ccccc2)C(=O)O)ccc1C(C)(C)C. The van der Waals surface area contributed by atoms with Gasteiger partial charge in [0.05, 0.1) is 19.1 Å². The third-order valence-corrected chi connectivity index (χ3v) is 7.76. The number of thiazole rings is 1. The predicted molar refractivity (Wildman–Crippen MR) is 139 cm³/mol. The van der Waals surface area contributed by atoms with Crippen LogP contribution in [0.4, 0.5) is 0 Å². The minimum atomic E-state index is -1.80. The Balaban J connectivity index is 1.92. The van der Waals surface area contributed by atoms with Gasteiger partial charge in [-0.3, -0.25) is 9.59 Å². The lowest BCUT2D eigenvalue weighted by atomic mass is 9.84. The van der Waals surface area contributed by atoms with Gasteiger partial charge in [0.15, 0.2) is 0 Å². The third kappa shape index (κ3) is 4.83. The number of aromatic nitrogens is 1. The van der Waals surface area contributed by atoms with Crippen molar-refractivity contribution in [2.24, 2.45) is 5.92 Å². The molecule has 8 nitrogen and oxygen atoms in total. The average Bonchev–Trinajstić information content (AvgIpc) is 3.50. The average molecular weight is 523 g/mol. The number of carbonyl (C=O) groups is 3. The van der Waals surface area contributed by atoms with E-state index in [0.29, 0.717) is 16.3 Å². The van der Waals surface area contributed by atoms with Crippen molar-refractivity contribution in [2.45, 2.75) is 50.6 Å². The van der Waals surface area contributed by atoms with Gasteiger partial charge in [0.1, 0.15) is 16.3 Å². The number of benzene rings is 2. The minimum Gasteiger partial charge on any atom is -0.496 e. The molecule has 3 atom stereocenters. The van der Waals surface area contributed by atoms with Gasteiger partial charge in [-0.05, 0) is 35.1 Å². The first-order chi connectivity index (χ1) is 17.5. The van der Waals surface area contributed by atoms with Crippen LogP contribution < -0.4 is 4.74 Å². The number of methoxy groups -OCH3 is 1. The second-order valence-corrected chi connectivity index (χ2v) is 11.2. The van der Waals surface area contributed by atoms with E-state index in [0.717, 1.165) is 5.56 Å². The second-order valence-electron chi connectivity index (χ2n) is 10.3. The maximum atomic E-state index is 14.3. The molecular formula is C28H30N2O6S. The van der Waals surface area contributed by atoms with Crippen molar-refractivity contribution in [1.82, 2.24) is 9.88 Å². The molecule has 4 rings (SSSR count). The molecule has 1 aromatic heterocycles. The highest BCUT2D eigenvalue weighted by molar-refractivity contribution is 7.09. The Hall–Kier alpha value is -3.72. The van der Waals surface area contributed by atoms with Crippen LogP contribution in [0.1, 0.15) is 59.7 Å². The first-order valence-corrected chi connectivity index (χ1v) is 12.8. The fourth-order valence-electron chi connectivity index (χ4n) is 5.17. The lowest BCUT2D eigenvalue weighted by molar-refractivity contribution is -0.149. The summed E-state index contributed by atoms with van der Waals surface area (Å²) in [7, 11) is 1.52. The summed E-state index contributed by atoms with van der Waals surface area (Å²) in [6.45, 7) is 6.08. The summed E-state index contributed by atoms with van der Waals surface area (Å²) >= 11 is 1.20. The number of amides is 1. The number of hydrogen-bond donors (Lipinski definition) is 2. The Kier molecular flexibility index (Phi) is 7.10. The van der Waals surface area contributed by atoms with E-state index in [4.69, 9.17) is 4.74 Å². The number of ether oxygens (including phenoxy) is 1. The Morgan fingerprint density at radius 3 is 2.38 bits per heavy atom. The van der Waals surface area contributed by atoms with E-state index in [1.54, 1.807) is 47.8 Å². The van der Waals surface area contributed by atoms with Crippen LogP contribution in [0.3, 0.4) is 0 Å². The van der Waals surface area contributed by atoms with Crippen molar-refractivity contribution >= 4 is 29.2 Å². The Labute approximate surface area is 219 Å². The van der Waals surface area contributed by atoms with E-state index in [2.05, 4.69) is 4.98 Å². The van der Waals surface area contributed by atoms with Gasteiger partial charge >= 0.3 is 11.9 Å². The summed E-state index contributed by atoms with van der Waals surface area (Å²) in [5.74, 6) is -3.66. The van der Waals surface area contributed by atoms with Crippen molar-refractivity contribution in [1.29, 1.82) is 0 Å². The number of aliphatic carboxylic acids is 2. The molecular weight excluding hydrogens is 492 g/mol. The van der Waals surface area contributed by atoms with Gasteiger partial charge in [0.25, 0.3) is 5.91 Å². The van der Waals surface area contributed by atoms with Crippen LogP contribution in [0.25, 0.3) is 0 Å². The van der Waals surface area contributed by atoms with E-state index >= 15 is 0 Å². The molecule has 1 saturated heterocycles. The minimum absolute atomic E-state index is 0.0439. The van der Waals surface area contributed by atoms with Crippen molar-refractivity contribution in [3.05, 3.63) is 81.8 Å². The lowest BCUT2D eigenvalue weighted by Crippen LogP contribution is -2.55. The molecule has 0 saturated carbocycles. The van der Waals surface area contributed by atoms with E-state index in [1.807, 2.05) is 26.8 Å². The highest BCUT2D eigenvalue weighted by Crippen LogP contribution is 2.50. The molecule has 1 aliphatic heterocycles. The van der Waals surface area contributed by atoms with Crippen LogP contribution in [0, 0.1) is 5.92 Å². The van der Waals surface area contributed by atoms with Gasteiger partial charge in [-0.25, -0.2) is 9.78 Å². The summed E-state index contributed by atoms with van der Waals surface area (Å²) in [6, 6.07) is 13.0. The van der Waals surface area contributed by atoms with E-state index in [9.17, 15) is 24.6 Å². The van der Waals surface area contributed by atoms with Crippen LogP contribution in [-0.2, 0) is 21.4 Å². The molecule has 0 aliphatic carbocycles. The summed E-state index contributed by atoms with van der Waals surface area (Å²) in [4.78, 5) is 45.3. The smallest absolute Gasteiger partial charge is 0.330 e. The maximum Gasteiger partial charge on any atom is 0.330 e. The van der Waals surface area contributed by atoms with Crippen LogP contribution in [-0.4, -0.2) is 50.6 Å². The van der Waals surface area contributed by atoms with Crippen LogP contribution in [0.15, 0.2) is 60.1 Å². The monoisotopic (exact) mass is 522 g/mol. The molecule has 0 radical (unpaired) electrons. The van der Waals surface area contributed by atoms with Crippen molar-refractivity contribution in [3.63, 3.8) is 0 Å². The molecule has 1 unspecified atom stereocenters. The molecule has 1 fully saturated rings. The first kappa shape index (κ1) is 26.3. The van der Waals surface area contributed by atoms with Crippen molar-refractivity contribution < 1.29 is 29.3 Å². The first-order valence-electron chi connectivity index (χ1n) is 11.9. The Morgan fingerprint density at radius 2 is 1.84 bits per heavy atom. The molecule has 1 amide bonds. The summed E-state index contributed by atoms with van der Waals surface area (Å²) < 4.78 is 5.59. The molecule has 2 aromatic carbocycles. The van der Waals surface area contributed by atoms with Crippen LogP contribution in [0.5, 0.6) is 5.75 Å². The lowest BCUT2D eigenvalue weighted by Gasteiger charge is -2.38. The van der Waals surface area contributed by atoms with Gasteiger partial charge in [-0.1, -0.05) is 57.2 Å². The second kappa shape index (κ2) is 9.97. The number of hydrogen-bond acceptors (Lipinski definition) is 6. The van der Waals surface area contributed by atoms with Gasteiger partial charge in [0, 0.05) is 23.6 Å². The zero-order valence-electron chi connectivity index (χ0n) is 21.2. The molecule has 0 spiro atoms. The molecule has 37 heavy (non-hydrogen) atoms. The van der Waals surface area contributed by atoms with Crippen LogP contribution >= 0.6 is 11.3 Å². The van der Waals surface area contributed by atoms with E-state index in [1.165, 1.54) is 29.5 Å². The maximum absolute atomic E-state index is 14.3. The van der Waals surface area contributed by atoms with Gasteiger partial charge < -0.3 is 19.8 Å². The fourth-order valence-corrected chi connectivity index (χ4v) is 5.96. The van der Waals surface area contributed by atoms with E-state index in [-0.39, 0.29) is 23.8 Å². The molecule has 2 heterocycles. The quantitative estimate of drug-likeness (QED) is 0.458. The van der Waals surface area contributed by atoms with Gasteiger partial charge in [-0.15, -0.1) is 11.3 Å². The fraction of sp³-hybridized carbons (Fsp3) is 0.357. The standard InChI is InChI=1S/C28H30N2O6S/c1-27(2,3)20-11-10-18(14-21(20)36-4)24(31)30-22(23-29-12-13-37-23)19(25(32)33)16-28(30,26(34)35)15-17-8-6-5-7-9-17/h5-14,19,22H,15-16H2,1-4H3,(H,32,33)(H,34,35)/t19-,22-,28?/m1/s1. The molecule has 1 aliphatic rings. The number of rotatable bonds is 7. The third-order valence-electron chi connectivity index (χ3n) is 6.91. The van der Waals surface area contributed by atoms with Gasteiger partial charge in [-0.2, -0.15) is 0 Å². The number of carboxylic acids is 2. The molecule has 3 aromatic rings. The molecule has 194 valence electrons. The van der Waals surface area contributed by atoms with Gasteiger partial charge in [0.2, 0.25) is 0 Å². The Bertz CT molecular complexity index is 1300. The molecule has 0 bridgehead atoms. The topological polar surface area (TPSA) is 117 Å². The predicted octanol–water partition coefficient (Wildman–Crippen LogP) is 4.80. The highest BCUT2D eigenvalue weighted by atomic mass is 32.1. The largest absolute Gasteiger partial charge is 0.496 e. The zero-order chi connectivity index (χ0) is 27.0. The van der Waals surface area contributed by atoms with Crippen LogP contribution in [0.2, 0.25) is 0 Å². The summed E-state index contributed by atoms with van der Waals surface area (Å²) in [5.41, 5.74) is -0.255. The summed E-state index contributed by atoms with van der Waals surface area (Å²) in [5, 5.41) is 22.9. The summed E-state index contributed by atoms with van der Waals surface area (Å²) in [6.07, 6.45) is 1.23. The molecule has 2 N–H and O–H groups in total. The number of carboxylic acid groups (broad SMARTS) is 2. The number of carbonyl (C=O) groups excluding carboxylic acids is 1. The number of nitrogens with zero attached hydrogens (tertiary/aromatic N) is 2. The van der Waals surface area contributed by atoms with Crippen molar-refractivity contribution in [3.8, 4) is 5.75 Å². The Morgan fingerprint density at radius 1 is 1.14 bits per heavy atom. The van der Waals surface area contributed by atoms with Crippen molar-refractivity contribution in [2.75, 3.05) is 7.11 Å². The highest BCUT2D eigenvalue weighted by Gasteiger charge is 2.61.